The SMILES string of the molecule is Cc1cc([C@H]2CCCCN2C(=O)c2cscn2)nc(-c2c(C)noc2C)n1. The van der Waals surface area contributed by atoms with Gasteiger partial charge in [0.1, 0.15) is 11.5 Å². The van der Waals surface area contributed by atoms with Crippen molar-refractivity contribution in [2.45, 2.75) is 46.1 Å². The zero-order valence-corrected chi connectivity index (χ0v) is 16.4. The van der Waals surface area contributed by atoms with E-state index in [0.29, 0.717) is 23.8 Å². The van der Waals surface area contributed by atoms with Crippen LogP contribution in [0.1, 0.15) is 58.6 Å². The van der Waals surface area contributed by atoms with E-state index < -0.39 is 0 Å². The molecule has 1 saturated heterocycles. The van der Waals surface area contributed by atoms with Gasteiger partial charge in [0.25, 0.3) is 5.91 Å². The van der Waals surface area contributed by atoms with Crippen molar-refractivity contribution in [3.05, 3.63) is 45.5 Å². The summed E-state index contributed by atoms with van der Waals surface area (Å²) >= 11 is 1.43. The molecular formula is C19H21N5O2S. The van der Waals surface area contributed by atoms with Crippen LogP contribution in [0, 0.1) is 20.8 Å². The van der Waals surface area contributed by atoms with Gasteiger partial charge in [-0.3, -0.25) is 4.79 Å². The standard InChI is InChI=1S/C19H21N5O2S/c1-11-8-14(22-18(21-11)17-12(2)23-26-13(17)3)16-6-4-5-7-24(16)19(25)15-9-27-10-20-15/h8-10,16H,4-7H2,1-3H3/t16-/m1/s1. The van der Waals surface area contributed by atoms with Crippen molar-refractivity contribution in [1.29, 1.82) is 0 Å². The molecular weight excluding hydrogens is 362 g/mol. The Kier molecular flexibility index (Phi) is 4.73. The van der Waals surface area contributed by atoms with Crippen LogP contribution < -0.4 is 0 Å². The molecule has 140 valence electrons. The number of thiazole rings is 1. The van der Waals surface area contributed by atoms with Gasteiger partial charge in [-0.2, -0.15) is 0 Å². The summed E-state index contributed by atoms with van der Waals surface area (Å²) in [5, 5.41) is 5.81. The molecule has 0 N–H and O–H groups in total. The van der Waals surface area contributed by atoms with Crippen molar-refractivity contribution in [3.63, 3.8) is 0 Å². The summed E-state index contributed by atoms with van der Waals surface area (Å²) in [5.74, 6) is 1.27. The summed E-state index contributed by atoms with van der Waals surface area (Å²) in [6.07, 6.45) is 2.94. The second kappa shape index (κ2) is 7.19. The van der Waals surface area contributed by atoms with Crippen LogP contribution in [0.15, 0.2) is 21.5 Å². The van der Waals surface area contributed by atoms with Crippen molar-refractivity contribution in [3.8, 4) is 11.4 Å². The highest BCUT2D eigenvalue weighted by Gasteiger charge is 2.31. The largest absolute Gasteiger partial charge is 0.361 e. The Balaban J connectivity index is 1.74. The number of aromatic nitrogens is 4. The Bertz CT molecular complexity index is 947. The van der Waals surface area contributed by atoms with Crippen LogP contribution >= 0.6 is 11.3 Å². The Labute approximate surface area is 161 Å². The normalized spacial score (nSPS) is 17.3. The Morgan fingerprint density at radius 1 is 1.26 bits per heavy atom. The molecule has 0 saturated carbocycles. The molecule has 0 aromatic carbocycles. The summed E-state index contributed by atoms with van der Waals surface area (Å²) in [7, 11) is 0. The predicted molar refractivity (Wildman–Crippen MR) is 101 cm³/mol. The molecule has 27 heavy (non-hydrogen) atoms. The smallest absolute Gasteiger partial charge is 0.273 e. The number of carbonyl (C=O) groups is 1. The van der Waals surface area contributed by atoms with Gasteiger partial charge in [0.15, 0.2) is 5.82 Å². The lowest BCUT2D eigenvalue weighted by molar-refractivity contribution is 0.0600. The third-order valence-corrected chi connectivity index (χ3v) is 5.47. The van der Waals surface area contributed by atoms with Gasteiger partial charge in [-0.15, -0.1) is 11.3 Å². The van der Waals surface area contributed by atoms with Crippen LogP contribution in [0.3, 0.4) is 0 Å². The fourth-order valence-electron chi connectivity index (χ4n) is 3.63. The Morgan fingerprint density at radius 2 is 2.11 bits per heavy atom. The van der Waals surface area contributed by atoms with Crippen molar-refractivity contribution >= 4 is 17.2 Å². The van der Waals surface area contributed by atoms with E-state index in [0.717, 1.165) is 41.9 Å². The summed E-state index contributed by atoms with van der Waals surface area (Å²) in [6.45, 7) is 6.41. The third-order valence-electron chi connectivity index (χ3n) is 4.89. The summed E-state index contributed by atoms with van der Waals surface area (Å²) < 4.78 is 5.28. The first-order chi connectivity index (χ1) is 13.0. The van der Waals surface area contributed by atoms with Gasteiger partial charge in [-0.1, -0.05) is 5.16 Å². The maximum atomic E-state index is 13.0. The molecule has 1 atom stereocenters. The van der Waals surface area contributed by atoms with E-state index in [1.165, 1.54) is 11.3 Å². The fraction of sp³-hybridized carbons (Fsp3) is 0.421. The first-order valence-corrected chi connectivity index (χ1v) is 9.97. The highest BCUT2D eigenvalue weighted by Crippen LogP contribution is 2.33. The van der Waals surface area contributed by atoms with Crippen LogP contribution in [-0.4, -0.2) is 37.5 Å². The van der Waals surface area contributed by atoms with Gasteiger partial charge in [-0.25, -0.2) is 15.0 Å². The first kappa shape index (κ1) is 17.8. The molecule has 0 bridgehead atoms. The van der Waals surface area contributed by atoms with Gasteiger partial charge < -0.3 is 9.42 Å². The lowest BCUT2D eigenvalue weighted by Crippen LogP contribution is -2.39. The molecule has 4 heterocycles. The monoisotopic (exact) mass is 383 g/mol. The number of hydrogen-bond donors (Lipinski definition) is 0. The van der Waals surface area contributed by atoms with Crippen LogP contribution in [0.5, 0.6) is 0 Å². The van der Waals surface area contributed by atoms with Crippen LogP contribution in [0.4, 0.5) is 0 Å². The quantitative estimate of drug-likeness (QED) is 0.682. The summed E-state index contributed by atoms with van der Waals surface area (Å²) in [6, 6.07) is 1.90. The molecule has 0 unspecified atom stereocenters. The van der Waals surface area contributed by atoms with E-state index in [-0.39, 0.29) is 11.9 Å². The van der Waals surface area contributed by atoms with Gasteiger partial charge in [0.05, 0.1) is 28.5 Å². The molecule has 3 aromatic rings. The molecule has 7 nitrogen and oxygen atoms in total. The molecule has 4 rings (SSSR count). The van der Waals surface area contributed by atoms with Gasteiger partial charge in [-0.05, 0) is 46.1 Å². The van der Waals surface area contributed by atoms with Gasteiger partial charge in [0, 0.05) is 17.6 Å². The van der Waals surface area contributed by atoms with E-state index in [4.69, 9.17) is 9.51 Å². The highest BCUT2D eigenvalue weighted by atomic mass is 32.1. The molecule has 1 amide bonds. The second-order valence-corrected chi connectivity index (χ2v) is 7.56. The number of hydrogen-bond acceptors (Lipinski definition) is 7. The average Bonchev–Trinajstić information content (AvgIpc) is 3.31. The number of piperidine rings is 1. The number of rotatable bonds is 3. The number of likely N-dealkylation sites (tertiary alicyclic amines) is 1. The molecule has 0 radical (unpaired) electrons. The molecule has 0 aliphatic carbocycles. The first-order valence-electron chi connectivity index (χ1n) is 9.02. The Hall–Kier alpha value is -2.61. The van der Waals surface area contributed by atoms with Gasteiger partial charge in [0.2, 0.25) is 0 Å². The molecule has 1 aliphatic rings. The lowest BCUT2D eigenvalue weighted by Gasteiger charge is -2.35. The molecule has 8 heteroatoms. The molecule has 3 aromatic heterocycles. The molecule has 1 fully saturated rings. The maximum Gasteiger partial charge on any atom is 0.273 e. The number of aryl methyl sites for hydroxylation is 3. The van der Waals surface area contributed by atoms with Crippen LogP contribution in [0.2, 0.25) is 0 Å². The lowest BCUT2D eigenvalue weighted by atomic mass is 9.98. The van der Waals surface area contributed by atoms with E-state index >= 15 is 0 Å². The minimum atomic E-state index is -0.0751. The van der Waals surface area contributed by atoms with E-state index in [9.17, 15) is 4.79 Å². The minimum absolute atomic E-state index is 0.0314. The van der Waals surface area contributed by atoms with Crippen molar-refractivity contribution in [2.75, 3.05) is 6.54 Å². The van der Waals surface area contributed by atoms with E-state index in [1.54, 1.807) is 10.9 Å². The summed E-state index contributed by atoms with van der Waals surface area (Å²) in [4.78, 5) is 28.4. The van der Waals surface area contributed by atoms with E-state index in [1.807, 2.05) is 31.7 Å². The van der Waals surface area contributed by atoms with Crippen molar-refractivity contribution < 1.29 is 9.32 Å². The topological polar surface area (TPSA) is 85.0 Å². The van der Waals surface area contributed by atoms with Gasteiger partial charge >= 0.3 is 0 Å². The van der Waals surface area contributed by atoms with Crippen LogP contribution in [-0.2, 0) is 0 Å². The molecule has 0 spiro atoms. The maximum absolute atomic E-state index is 13.0. The Morgan fingerprint density at radius 3 is 2.81 bits per heavy atom. The number of nitrogens with zero attached hydrogens (tertiary/aromatic N) is 5. The number of carbonyl (C=O) groups excluding carboxylic acids is 1. The second-order valence-electron chi connectivity index (χ2n) is 6.84. The van der Waals surface area contributed by atoms with E-state index in [2.05, 4.69) is 15.1 Å². The average molecular weight is 383 g/mol. The van der Waals surface area contributed by atoms with Crippen molar-refractivity contribution in [2.24, 2.45) is 0 Å². The fourth-order valence-corrected chi connectivity index (χ4v) is 4.15. The zero-order chi connectivity index (χ0) is 19.0. The number of amides is 1. The third kappa shape index (κ3) is 3.37. The molecule has 1 aliphatic heterocycles. The highest BCUT2D eigenvalue weighted by molar-refractivity contribution is 7.07. The zero-order valence-electron chi connectivity index (χ0n) is 15.6. The predicted octanol–water partition coefficient (Wildman–Crippen LogP) is 3.88. The van der Waals surface area contributed by atoms with Crippen molar-refractivity contribution in [1.82, 2.24) is 25.0 Å². The summed E-state index contributed by atoms with van der Waals surface area (Å²) in [5.41, 5.74) is 5.51. The minimum Gasteiger partial charge on any atom is -0.361 e. The van der Waals surface area contributed by atoms with Crippen LogP contribution in [0.25, 0.3) is 11.4 Å².